The molecule has 1 unspecified atom stereocenters. The number of benzene rings is 1. The van der Waals surface area contributed by atoms with Gasteiger partial charge in [-0.25, -0.2) is 9.59 Å². The molecule has 1 aromatic rings. The predicted molar refractivity (Wildman–Crippen MR) is 184 cm³/mol. The first-order chi connectivity index (χ1) is 22.7. The molecule has 4 N–H and O–H groups in total. The van der Waals surface area contributed by atoms with Crippen molar-refractivity contribution in [1.29, 1.82) is 0 Å². The highest BCUT2D eigenvalue weighted by Gasteiger charge is 2.47. The van der Waals surface area contributed by atoms with Gasteiger partial charge in [0.1, 0.15) is 18.1 Å². The highest BCUT2D eigenvalue weighted by atomic mass is 16.6. The molecule has 0 radical (unpaired) electrons. The highest BCUT2D eigenvalue weighted by Crippen LogP contribution is 2.36. The molecule has 266 valence electrons. The summed E-state index contributed by atoms with van der Waals surface area (Å²) in [6.45, 7) is 13.5. The maximum atomic E-state index is 14.3. The van der Waals surface area contributed by atoms with Gasteiger partial charge in [-0.1, -0.05) is 89.8 Å². The lowest BCUT2D eigenvalue weighted by atomic mass is 9.85. The van der Waals surface area contributed by atoms with Crippen molar-refractivity contribution >= 4 is 29.8 Å². The Hall–Kier alpha value is -3.89. The molecular weight excluding hydrogens is 612 g/mol. The second-order valence-corrected chi connectivity index (χ2v) is 14.5. The molecule has 2 fully saturated rings. The quantitative estimate of drug-likeness (QED) is 0.178. The third-order valence-corrected chi connectivity index (χ3v) is 8.98. The Bertz CT molecular complexity index is 1310. The van der Waals surface area contributed by atoms with Crippen LogP contribution in [0.1, 0.15) is 105 Å². The minimum Gasteiger partial charge on any atom is -0.480 e. The molecule has 1 aliphatic heterocycles. The predicted octanol–water partition coefficient (Wildman–Crippen LogP) is 5.13. The van der Waals surface area contributed by atoms with Crippen LogP contribution < -0.4 is 16.0 Å². The summed E-state index contributed by atoms with van der Waals surface area (Å²) in [7, 11) is 0. The van der Waals surface area contributed by atoms with Gasteiger partial charge in [0.05, 0.1) is 12.1 Å². The number of nitrogens with one attached hydrogen (secondary N) is 3. The number of carbonyl (C=O) groups is 5. The number of likely N-dealkylation sites (tertiary alicyclic amines) is 1. The molecule has 0 spiro atoms. The van der Waals surface area contributed by atoms with Crippen molar-refractivity contribution in [3.8, 4) is 0 Å². The molecule has 0 aromatic heterocycles. The zero-order valence-electron chi connectivity index (χ0n) is 29.8. The Morgan fingerprint density at radius 3 is 2.17 bits per heavy atom. The molecule has 11 heteroatoms. The van der Waals surface area contributed by atoms with Crippen LogP contribution in [0.2, 0.25) is 0 Å². The molecule has 2 aliphatic rings. The van der Waals surface area contributed by atoms with Crippen LogP contribution in [0, 0.1) is 11.3 Å². The summed E-state index contributed by atoms with van der Waals surface area (Å²) in [6, 6.07) is 5.63. The molecule has 1 aromatic carbocycles. The molecule has 5 atom stereocenters. The van der Waals surface area contributed by atoms with Gasteiger partial charge in [0, 0.05) is 18.5 Å². The average Bonchev–Trinajstić information content (AvgIpc) is 3.74. The van der Waals surface area contributed by atoms with Crippen molar-refractivity contribution in [2.24, 2.45) is 11.3 Å². The molecule has 1 saturated heterocycles. The van der Waals surface area contributed by atoms with Gasteiger partial charge in [0.2, 0.25) is 17.7 Å². The molecular formula is C37H56N4O7. The smallest absolute Gasteiger partial charge is 0.408 e. The number of hydrogen-bond donors (Lipinski definition) is 4. The van der Waals surface area contributed by atoms with Crippen LogP contribution >= 0.6 is 0 Å². The van der Waals surface area contributed by atoms with E-state index in [4.69, 9.17) is 4.74 Å². The second-order valence-electron chi connectivity index (χ2n) is 14.5. The SMILES string of the molecule is CCCC[C@H]1CCN(C(=O)[C@@H](NC(=O)OC(C)C)C(C)(C)C)[C@@H]1C(=O)NC(CCC)C(C(=O)N[C@@H](Cc1ccccc1)C(=O)O)=C1CC1. The Labute approximate surface area is 285 Å². The van der Waals surface area contributed by atoms with E-state index in [1.165, 1.54) is 0 Å². The Morgan fingerprint density at radius 1 is 0.958 bits per heavy atom. The van der Waals surface area contributed by atoms with Crippen LogP contribution in [0.4, 0.5) is 4.79 Å². The van der Waals surface area contributed by atoms with Crippen molar-refractivity contribution in [3.05, 3.63) is 47.0 Å². The number of unbranched alkanes of at least 4 members (excludes halogenated alkanes) is 1. The van der Waals surface area contributed by atoms with Crippen LogP contribution in [-0.4, -0.2) is 76.6 Å². The van der Waals surface area contributed by atoms with Gasteiger partial charge in [-0.2, -0.15) is 0 Å². The van der Waals surface area contributed by atoms with Crippen molar-refractivity contribution in [1.82, 2.24) is 20.9 Å². The second kappa shape index (κ2) is 17.5. The van der Waals surface area contributed by atoms with Gasteiger partial charge in [-0.05, 0) is 62.8 Å². The first-order valence-electron chi connectivity index (χ1n) is 17.5. The minimum atomic E-state index is -1.14. The summed E-state index contributed by atoms with van der Waals surface area (Å²) in [5.74, 6) is -2.41. The number of aliphatic carboxylic acids is 1. The van der Waals surface area contributed by atoms with E-state index in [0.717, 1.165) is 30.4 Å². The molecule has 4 amide bonds. The van der Waals surface area contributed by atoms with E-state index < -0.39 is 47.6 Å². The van der Waals surface area contributed by atoms with E-state index in [9.17, 15) is 29.1 Å². The van der Waals surface area contributed by atoms with E-state index in [0.29, 0.717) is 44.2 Å². The standard InChI is InChI=1S/C37H56N4O7/c1-8-10-17-26-20-21-41(34(44)31(37(5,6)7)40-36(47)48-23(3)4)30(26)33(43)38-27(14-9-2)29(25-18-19-25)32(42)39-28(35(45)46)22-24-15-12-11-13-16-24/h11-13,15-16,23,26-28,30-31H,8-10,14,17-22H2,1-7H3,(H,38,43)(H,39,42)(H,40,47)(H,45,46)/t26-,27?,28-,30-,31+/m0/s1. The maximum absolute atomic E-state index is 14.3. The molecule has 48 heavy (non-hydrogen) atoms. The van der Waals surface area contributed by atoms with Gasteiger partial charge in [0.15, 0.2) is 0 Å². The summed E-state index contributed by atoms with van der Waals surface area (Å²) < 4.78 is 5.29. The van der Waals surface area contributed by atoms with Crippen LogP contribution in [0.25, 0.3) is 0 Å². The number of ether oxygens (including phenoxy) is 1. The Kier molecular flexibility index (Phi) is 14.0. The fourth-order valence-electron chi connectivity index (χ4n) is 6.43. The van der Waals surface area contributed by atoms with E-state index in [1.54, 1.807) is 18.7 Å². The molecule has 1 heterocycles. The number of nitrogens with zero attached hydrogens (tertiary/aromatic N) is 1. The fourth-order valence-corrected chi connectivity index (χ4v) is 6.43. The van der Waals surface area contributed by atoms with E-state index in [2.05, 4.69) is 22.9 Å². The molecule has 1 aliphatic carbocycles. The number of hydrogen-bond acceptors (Lipinski definition) is 6. The lowest BCUT2D eigenvalue weighted by molar-refractivity contribution is -0.143. The summed E-state index contributed by atoms with van der Waals surface area (Å²) in [5.41, 5.74) is 1.44. The zero-order valence-corrected chi connectivity index (χ0v) is 29.8. The van der Waals surface area contributed by atoms with Gasteiger partial charge in [-0.15, -0.1) is 0 Å². The van der Waals surface area contributed by atoms with E-state index in [-0.39, 0.29) is 30.3 Å². The van der Waals surface area contributed by atoms with Gasteiger partial charge in [-0.3, -0.25) is 14.4 Å². The van der Waals surface area contributed by atoms with E-state index >= 15 is 0 Å². The van der Waals surface area contributed by atoms with Crippen molar-refractivity contribution in [3.63, 3.8) is 0 Å². The topological polar surface area (TPSA) is 154 Å². The number of allylic oxidation sites excluding steroid dienone is 1. The molecule has 3 rings (SSSR count). The Balaban J connectivity index is 1.88. The van der Waals surface area contributed by atoms with E-state index in [1.807, 2.05) is 58.0 Å². The van der Waals surface area contributed by atoms with Crippen LogP contribution in [0.3, 0.4) is 0 Å². The third kappa shape index (κ3) is 10.8. The van der Waals surface area contributed by atoms with Crippen molar-refractivity contribution in [2.45, 2.75) is 137 Å². The number of carbonyl (C=O) groups excluding carboxylic acids is 4. The van der Waals surface area contributed by atoms with Crippen LogP contribution in [0.15, 0.2) is 41.5 Å². The highest BCUT2D eigenvalue weighted by molar-refractivity contribution is 5.99. The fraction of sp³-hybridized carbons (Fsp3) is 0.649. The van der Waals surface area contributed by atoms with Gasteiger partial charge >= 0.3 is 12.1 Å². The number of amides is 4. The number of carboxylic acid groups (broad SMARTS) is 1. The van der Waals surface area contributed by atoms with Crippen LogP contribution in [-0.2, 0) is 30.3 Å². The minimum absolute atomic E-state index is 0.0903. The zero-order chi connectivity index (χ0) is 35.6. The normalized spacial score (nSPS) is 19.2. The third-order valence-electron chi connectivity index (χ3n) is 8.98. The number of carboxylic acids is 1. The number of alkyl carbamates (subject to hydrolysis) is 1. The summed E-state index contributed by atoms with van der Waals surface area (Å²) in [4.78, 5) is 68.8. The maximum Gasteiger partial charge on any atom is 0.408 e. The van der Waals surface area contributed by atoms with Crippen LogP contribution in [0.5, 0.6) is 0 Å². The largest absolute Gasteiger partial charge is 0.480 e. The van der Waals surface area contributed by atoms with Gasteiger partial charge < -0.3 is 30.7 Å². The Morgan fingerprint density at radius 2 is 1.62 bits per heavy atom. The lowest BCUT2D eigenvalue weighted by Gasteiger charge is -2.36. The summed E-state index contributed by atoms with van der Waals surface area (Å²) in [6.07, 6.45) is 4.85. The summed E-state index contributed by atoms with van der Waals surface area (Å²) >= 11 is 0. The molecule has 11 nitrogen and oxygen atoms in total. The summed E-state index contributed by atoms with van der Waals surface area (Å²) in [5, 5.41) is 18.6. The number of rotatable bonds is 16. The molecule has 1 saturated carbocycles. The van der Waals surface area contributed by atoms with Gasteiger partial charge in [0.25, 0.3) is 0 Å². The monoisotopic (exact) mass is 668 g/mol. The van der Waals surface area contributed by atoms with Crippen molar-refractivity contribution < 1.29 is 33.8 Å². The lowest BCUT2D eigenvalue weighted by Crippen LogP contribution is -2.59. The average molecular weight is 669 g/mol. The molecule has 0 bridgehead atoms. The first kappa shape index (κ1) is 38.6. The van der Waals surface area contributed by atoms with Crippen molar-refractivity contribution in [2.75, 3.05) is 6.54 Å². The first-order valence-corrected chi connectivity index (χ1v) is 17.5.